The van der Waals surface area contributed by atoms with E-state index < -0.39 is 0 Å². The Kier molecular flexibility index (Phi) is 5.21. The summed E-state index contributed by atoms with van der Waals surface area (Å²) in [4.78, 5) is 3.75. The molecule has 2 heterocycles. The van der Waals surface area contributed by atoms with E-state index in [2.05, 4.69) is 46.1 Å². The minimum atomic E-state index is 0.0708. The fourth-order valence-electron chi connectivity index (χ4n) is 2.24. The Morgan fingerprint density at radius 3 is 3.00 bits per heavy atom. The average molecular weight is 333 g/mol. The summed E-state index contributed by atoms with van der Waals surface area (Å²) >= 11 is 5.31. The van der Waals surface area contributed by atoms with Crippen LogP contribution in [0.25, 0.3) is 0 Å². The third-order valence-electron chi connectivity index (χ3n) is 3.44. The topological polar surface area (TPSA) is 38.5 Å². The fourth-order valence-corrected chi connectivity index (χ4v) is 3.83. The highest BCUT2D eigenvalue weighted by Crippen LogP contribution is 2.25. The first-order chi connectivity index (χ1) is 8.58. The van der Waals surface area contributed by atoms with E-state index in [0.29, 0.717) is 6.04 Å². The molecule has 1 aliphatic heterocycles. The van der Waals surface area contributed by atoms with E-state index in [1.807, 2.05) is 0 Å². The third kappa shape index (κ3) is 3.54. The van der Waals surface area contributed by atoms with Gasteiger partial charge in [0.1, 0.15) is 0 Å². The fraction of sp³-hybridized carbons (Fsp3) is 0.692. The van der Waals surface area contributed by atoms with Gasteiger partial charge in [0, 0.05) is 40.9 Å². The van der Waals surface area contributed by atoms with Crippen molar-refractivity contribution in [3.8, 4) is 0 Å². The third-order valence-corrected chi connectivity index (χ3v) is 5.39. The van der Waals surface area contributed by atoms with Crippen LogP contribution in [0.2, 0.25) is 0 Å². The van der Waals surface area contributed by atoms with Gasteiger partial charge >= 0.3 is 0 Å². The molecule has 3 nitrogen and oxygen atoms in total. The lowest BCUT2D eigenvalue weighted by atomic mass is 10.0. The summed E-state index contributed by atoms with van der Waals surface area (Å²) in [7, 11) is 0. The Morgan fingerprint density at radius 1 is 1.61 bits per heavy atom. The first-order valence-electron chi connectivity index (χ1n) is 6.41. The number of morpholine rings is 1. The van der Waals surface area contributed by atoms with Gasteiger partial charge in [-0.2, -0.15) is 0 Å². The lowest BCUT2D eigenvalue weighted by Crippen LogP contribution is -2.53. The summed E-state index contributed by atoms with van der Waals surface area (Å²) in [5.74, 6) is 0. The van der Waals surface area contributed by atoms with Gasteiger partial charge in [-0.25, -0.2) is 0 Å². The molecule has 0 spiro atoms. The van der Waals surface area contributed by atoms with Crippen LogP contribution in [0.1, 0.15) is 18.7 Å². The van der Waals surface area contributed by atoms with Crippen LogP contribution in [0.4, 0.5) is 0 Å². The summed E-state index contributed by atoms with van der Waals surface area (Å²) < 4.78 is 7.00. The van der Waals surface area contributed by atoms with Gasteiger partial charge in [-0.1, -0.05) is 0 Å². The van der Waals surface area contributed by atoms with Crippen LogP contribution in [0.15, 0.2) is 15.9 Å². The number of ether oxygens (including phenoxy) is 1. The maximum absolute atomic E-state index is 6.31. The average Bonchev–Trinajstić information content (AvgIpc) is 2.75. The number of hydrogen-bond donors (Lipinski definition) is 1. The molecule has 1 aromatic heterocycles. The molecule has 0 radical (unpaired) electrons. The van der Waals surface area contributed by atoms with Crippen molar-refractivity contribution in [1.29, 1.82) is 0 Å². The second kappa shape index (κ2) is 6.48. The van der Waals surface area contributed by atoms with Crippen LogP contribution < -0.4 is 5.73 Å². The molecule has 2 atom stereocenters. The van der Waals surface area contributed by atoms with Gasteiger partial charge < -0.3 is 10.5 Å². The maximum atomic E-state index is 6.31. The van der Waals surface area contributed by atoms with E-state index in [1.165, 1.54) is 9.35 Å². The van der Waals surface area contributed by atoms with Crippen molar-refractivity contribution in [2.75, 3.05) is 19.7 Å². The first-order valence-corrected chi connectivity index (χ1v) is 8.08. The number of nitrogens with two attached hydrogens (primary N) is 1. The highest BCUT2D eigenvalue weighted by atomic mass is 79.9. The van der Waals surface area contributed by atoms with Crippen LogP contribution in [0.5, 0.6) is 0 Å². The normalized spacial score (nSPS) is 23.5. The van der Waals surface area contributed by atoms with Crippen LogP contribution in [-0.2, 0) is 11.2 Å². The predicted octanol–water partition coefficient (Wildman–Crippen LogP) is 2.49. The van der Waals surface area contributed by atoms with E-state index in [1.54, 1.807) is 11.3 Å². The quantitative estimate of drug-likeness (QED) is 0.920. The second-order valence-electron chi connectivity index (χ2n) is 5.06. The van der Waals surface area contributed by atoms with E-state index in [4.69, 9.17) is 10.5 Å². The van der Waals surface area contributed by atoms with Crippen molar-refractivity contribution in [3.63, 3.8) is 0 Å². The van der Waals surface area contributed by atoms with Crippen molar-refractivity contribution in [2.45, 2.75) is 38.5 Å². The minimum Gasteiger partial charge on any atom is -0.374 e. The molecule has 0 bridgehead atoms. The van der Waals surface area contributed by atoms with Crippen LogP contribution in [-0.4, -0.2) is 42.8 Å². The molecule has 18 heavy (non-hydrogen) atoms. The molecule has 0 amide bonds. The monoisotopic (exact) mass is 332 g/mol. The number of rotatable bonds is 4. The molecule has 2 unspecified atom stereocenters. The van der Waals surface area contributed by atoms with Crippen molar-refractivity contribution >= 4 is 27.3 Å². The van der Waals surface area contributed by atoms with Gasteiger partial charge in [0.05, 0.1) is 12.7 Å². The predicted molar refractivity (Wildman–Crippen MR) is 80.1 cm³/mol. The van der Waals surface area contributed by atoms with Crippen molar-refractivity contribution in [3.05, 3.63) is 20.8 Å². The molecular weight excluding hydrogens is 312 g/mol. The largest absolute Gasteiger partial charge is 0.374 e. The van der Waals surface area contributed by atoms with Crippen molar-refractivity contribution in [1.82, 2.24) is 4.90 Å². The number of nitrogens with zero attached hydrogens (tertiary/aromatic N) is 1. The zero-order valence-corrected chi connectivity index (χ0v) is 13.3. The number of hydrogen-bond acceptors (Lipinski definition) is 4. The maximum Gasteiger partial charge on any atom is 0.0856 e. The molecule has 5 heteroatoms. The van der Waals surface area contributed by atoms with Crippen LogP contribution in [0, 0.1) is 0 Å². The molecule has 1 fully saturated rings. The first kappa shape index (κ1) is 14.5. The Bertz CT molecular complexity index is 383. The van der Waals surface area contributed by atoms with Gasteiger partial charge in [0.15, 0.2) is 0 Å². The Hall–Kier alpha value is 0.0600. The summed E-state index contributed by atoms with van der Waals surface area (Å²) in [6, 6.07) is 2.72. The van der Waals surface area contributed by atoms with Gasteiger partial charge in [-0.3, -0.25) is 4.90 Å². The molecule has 1 aromatic rings. The highest BCUT2D eigenvalue weighted by Gasteiger charge is 2.27. The van der Waals surface area contributed by atoms with Crippen LogP contribution >= 0.6 is 27.3 Å². The van der Waals surface area contributed by atoms with Gasteiger partial charge in [-0.15, -0.1) is 11.3 Å². The van der Waals surface area contributed by atoms with Gasteiger partial charge in [0.2, 0.25) is 0 Å². The smallest absolute Gasteiger partial charge is 0.0856 e. The summed E-state index contributed by atoms with van der Waals surface area (Å²) in [6.45, 7) is 7.21. The lowest BCUT2D eigenvalue weighted by Gasteiger charge is -2.37. The molecule has 1 aliphatic rings. The summed E-state index contributed by atoms with van der Waals surface area (Å²) in [6.07, 6.45) is 1.03. The molecule has 0 aliphatic carbocycles. The Balaban J connectivity index is 1.92. The van der Waals surface area contributed by atoms with Crippen molar-refractivity contribution < 1.29 is 4.74 Å². The second-order valence-corrected chi connectivity index (χ2v) is 6.91. The number of halogens is 1. The number of thiophene rings is 1. The van der Waals surface area contributed by atoms with Crippen molar-refractivity contribution in [2.24, 2.45) is 5.73 Å². The zero-order chi connectivity index (χ0) is 13.1. The summed E-state index contributed by atoms with van der Waals surface area (Å²) in [5, 5.41) is 2.09. The molecule has 2 rings (SSSR count). The minimum absolute atomic E-state index is 0.0708. The molecule has 0 saturated carbocycles. The van der Waals surface area contributed by atoms with Gasteiger partial charge in [0.25, 0.3) is 0 Å². The van der Waals surface area contributed by atoms with E-state index in [0.717, 1.165) is 26.1 Å². The van der Waals surface area contributed by atoms with E-state index in [9.17, 15) is 0 Å². The van der Waals surface area contributed by atoms with E-state index >= 15 is 0 Å². The molecule has 102 valence electrons. The van der Waals surface area contributed by atoms with E-state index in [-0.39, 0.29) is 12.1 Å². The Morgan fingerprint density at radius 2 is 2.39 bits per heavy atom. The van der Waals surface area contributed by atoms with Crippen LogP contribution in [0.3, 0.4) is 0 Å². The molecule has 2 N–H and O–H groups in total. The molecular formula is C13H21BrN2OS. The summed E-state index contributed by atoms with van der Waals surface area (Å²) in [5.41, 5.74) is 6.31. The highest BCUT2D eigenvalue weighted by molar-refractivity contribution is 9.10. The zero-order valence-electron chi connectivity index (χ0n) is 10.9. The standard InChI is InChI=1S/C13H21BrN2OS/c1-9(2)16-4-5-17-12(8-16)11(15)7-13-10(14)3-6-18-13/h3,6,9,11-12H,4-5,7-8,15H2,1-2H3. The molecule has 0 aromatic carbocycles. The SMILES string of the molecule is CC(C)N1CCOC(C(N)Cc2sccc2Br)C1. The lowest BCUT2D eigenvalue weighted by molar-refractivity contribution is -0.0494. The Labute approximate surface area is 121 Å². The molecule has 1 saturated heterocycles. The van der Waals surface area contributed by atoms with Gasteiger partial charge in [-0.05, 0) is 41.2 Å².